The molecule has 0 atom stereocenters. The van der Waals surface area contributed by atoms with E-state index in [1.807, 2.05) is 0 Å². The lowest BCUT2D eigenvalue weighted by molar-refractivity contribution is -0.402. The molecule has 0 aliphatic rings. The molecule has 0 aliphatic carbocycles. The Hall–Kier alpha value is -4.58. The van der Waals surface area contributed by atoms with Gasteiger partial charge < -0.3 is 0 Å². The lowest BCUT2D eigenvalue weighted by Crippen LogP contribution is -2.37. The number of nitro groups is 3. The molecule has 0 amide bonds. The monoisotopic (exact) mass is 411 g/mol. The van der Waals surface area contributed by atoms with Gasteiger partial charge >= 0.3 is 11.4 Å². The Morgan fingerprint density at radius 1 is 0.667 bits per heavy atom. The zero-order chi connectivity index (χ0) is 21.8. The fraction of sp³-hybridized carbons (Fsp3) is 0. The van der Waals surface area contributed by atoms with E-state index in [0.717, 1.165) is 5.01 Å². The molecule has 0 heterocycles. The Morgan fingerprint density at radius 2 is 1.07 bits per heavy atom. The Morgan fingerprint density at radius 3 is 1.40 bits per heavy atom. The average molecular weight is 411 g/mol. The van der Waals surface area contributed by atoms with Gasteiger partial charge in [0, 0.05) is 0 Å². The Balaban J connectivity index is 2.29. The third kappa shape index (κ3) is 3.83. The van der Waals surface area contributed by atoms with Crippen LogP contribution in [0.4, 0.5) is 34.1 Å². The van der Waals surface area contributed by atoms with E-state index in [2.05, 4.69) is 0 Å². The number of nitro benzene ring substituents is 3. The molecule has 0 aliphatic heterocycles. The summed E-state index contributed by atoms with van der Waals surface area (Å²) in [5, 5.41) is 46.5. The quantitative estimate of drug-likeness (QED) is 0.440. The van der Waals surface area contributed by atoms with Crippen molar-refractivity contribution in [2.45, 2.75) is 0 Å². The summed E-state index contributed by atoms with van der Waals surface area (Å²) in [6, 6.07) is 17.3. The van der Waals surface area contributed by atoms with E-state index in [1.165, 1.54) is 0 Å². The predicted molar refractivity (Wildman–Crippen MR) is 106 cm³/mol. The minimum atomic E-state index is -1.04. The minimum absolute atomic E-state index is 0.241. The van der Waals surface area contributed by atoms with Crippen molar-refractivity contribution in [1.82, 2.24) is 0 Å². The summed E-state index contributed by atoms with van der Waals surface area (Å²) < 4.78 is 0. The van der Waals surface area contributed by atoms with Crippen LogP contribution in [-0.2, 0) is 0 Å². The smallest absolute Gasteiger partial charge is 0.268 e. The highest BCUT2D eigenvalue weighted by Gasteiger charge is 2.37. The van der Waals surface area contributed by atoms with Gasteiger partial charge in [0.05, 0.1) is 38.3 Å². The fourth-order valence-electron chi connectivity index (χ4n) is 2.78. The van der Waals surface area contributed by atoms with Crippen LogP contribution < -0.4 is 10.2 Å². The molecule has 0 saturated heterocycles. The van der Waals surface area contributed by atoms with Gasteiger partial charge in [-0.25, -0.2) is 5.01 Å². The van der Waals surface area contributed by atoms with Gasteiger partial charge in [0.1, 0.15) is 0 Å². The Bertz CT molecular complexity index is 1030. The van der Waals surface area contributed by atoms with Crippen molar-refractivity contribution in [3.8, 4) is 0 Å². The van der Waals surface area contributed by atoms with E-state index < -0.39 is 37.5 Å². The number of anilines is 3. The normalized spacial score (nSPS) is 10.3. The molecule has 0 unspecified atom stereocenters. The van der Waals surface area contributed by atoms with Gasteiger partial charge in [0.15, 0.2) is 0 Å². The van der Waals surface area contributed by atoms with E-state index in [-0.39, 0.29) is 5.17 Å². The number of benzene rings is 3. The topological polar surface area (TPSA) is 156 Å². The van der Waals surface area contributed by atoms with Gasteiger partial charge in [-0.2, -0.15) is 0 Å². The van der Waals surface area contributed by atoms with Crippen molar-refractivity contribution >= 4 is 34.1 Å². The van der Waals surface area contributed by atoms with Crippen LogP contribution >= 0.6 is 0 Å². The number of hydrogen-bond acceptors (Lipinski definition) is 9. The van der Waals surface area contributed by atoms with Crippen LogP contribution in [0.1, 0.15) is 0 Å². The number of rotatable bonds is 7. The number of hydrogen-bond donors (Lipinski definition) is 1. The summed E-state index contributed by atoms with van der Waals surface area (Å²) in [6.45, 7) is 0. The third-order valence-electron chi connectivity index (χ3n) is 4.05. The summed E-state index contributed by atoms with van der Waals surface area (Å²) in [7, 11) is 0. The first-order chi connectivity index (χ1) is 14.3. The van der Waals surface area contributed by atoms with Crippen LogP contribution in [0.25, 0.3) is 0 Å². The molecule has 30 heavy (non-hydrogen) atoms. The molecule has 0 aromatic heterocycles. The van der Waals surface area contributed by atoms with Crippen LogP contribution in [0.2, 0.25) is 0 Å². The zero-order valence-electron chi connectivity index (χ0n) is 15.1. The van der Waals surface area contributed by atoms with E-state index in [1.54, 1.807) is 60.7 Å². The van der Waals surface area contributed by atoms with Gasteiger partial charge in [-0.15, -0.1) is 5.17 Å². The van der Waals surface area contributed by atoms with E-state index in [4.69, 9.17) is 0 Å². The first-order valence-electron chi connectivity index (χ1n) is 8.31. The molecule has 3 aromatic carbocycles. The van der Waals surface area contributed by atoms with E-state index >= 15 is 0 Å². The first kappa shape index (κ1) is 20.2. The molecule has 1 N–H and O–H groups in total. The molecule has 0 bridgehead atoms. The molecule has 12 nitrogen and oxygen atoms in total. The van der Waals surface area contributed by atoms with Crippen molar-refractivity contribution < 1.29 is 20.0 Å². The number of nitrogens with zero attached hydrogens (tertiary/aromatic N) is 5. The van der Waals surface area contributed by atoms with Gasteiger partial charge in [-0.3, -0.25) is 35.6 Å². The third-order valence-corrected chi connectivity index (χ3v) is 4.05. The maximum Gasteiger partial charge on any atom is 0.311 e. The second kappa shape index (κ2) is 8.20. The number of non-ortho nitro benzene ring substituents is 1. The summed E-state index contributed by atoms with van der Waals surface area (Å²) in [6.07, 6.45) is 0. The molecule has 12 heteroatoms. The van der Waals surface area contributed by atoms with Gasteiger partial charge in [0.25, 0.3) is 5.69 Å². The van der Waals surface area contributed by atoms with Gasteiger partial charge in [-0.05, 0) is 24.3 Å². The Labute approximate surface area is 168 Å². The van der Waals surface area contributed by atoms with E-state index in [9.17, 15) is 35.6 Å². The van der Waals surface area contributed by atoms with Crippen LogP contribution in [-0.4, -0.2) is 20.0 Å². The zero-order valence-corrected chi connectivity index (χ0v) is 15.1. The second-order valence-electron chi connectivity index (χ2n) is 5.88. The van der Waals surface area contributed by atoms with Crippen molar-refractivity contribution in [3.63, 3.8) is 0 Å². The van der Waals surface area contributed by atoms with Crippen molar-refractivity contribution in [3.05, 3.63) is 103 Å². The highest BCUT2D eigenvalue weighted by Crippen LogP contribution is 2.43. The summed E-state index contributed by atoms with van der Waals surface area (Å²) in [5.74, 6) is 0. The molecule has 0 saturated carbocycles. The minimum Gasteiger partial charge on any atom is -0.268 e. The maximum absolute atomic E-state index is 11.6. The average Bonchev–Trinajstić information content (AvgIpc) is 2.74. The van der Waals surface area contributed by atoms with Crippen molar-refractivity contribution in [2.24, 2.45) is 0 Å². The lowest BCUT2D eigenvalue weighted by Gasteiger charge is -2.32. The number of hydrazine groups is 1. The van der Waals surface area contributed by atoms with Gasteiger partial charge in [0.2, 0.25) is 5.69 Å². The molecular weight excluding hydrogens is 398 g/mol. The SMILES string of the molecule is O=[N+]([O-])c1cc([N+](=O)[O-])c(N(O)N(c2ccccc2)c2ccccc2)c([N+](=O)[O-])c1. The fourth-order valence-corrected chi connectivity index (χ4v) is 2.78. The highest BCUT2D eigenvalue weighted by atomic mass is 16.6. The molecular formula is C18H13N5O7. The molecule has 0 radical (unpaired) electrons. The summed E-state index contributed by atoms with van der Waals surface area (Å²) >= 11 is 0. The molecule has 152 valence electrons. The highest BCUT2D eigenvalue weighted by molar-refractivity contribution is 5.81. The molecule has 0 fully saturated rings. The first-order valence-corrected chi connectivity index (χ1v) is 8.31. The maximum atomic E-state index is 11.6. The summed E-state index contributed by atoms with van der Waals surface area (Å²) in [5.41, 5.74) is -3.04. The van der Waals surface area contributed by atoms with Crippen LogP contribution in [0.15, 0.2) is 72.8 Å². The van der Waals surface area contributed by atoms with Crippen LogP contribution in [0, 0.1) is 30.3 Å². The van der Waals surface area contributed by atoms with Crippen molar-refractivity contribution in [1.29, 1.82) is 0 Å². The van der Waals surface area contributed by atoms with E-state index in [0.29, 0.717) is 23.5 Å². The Kier molecular flexibility index (Phi) is 5.51. The largest absolute Gasteiger partial charge is 0.311 e. The predicted octanol–water partition coefficient (Wildman–Crippen LogP) is 4.36. The standard InChI is InChI=1S/C18H13N5O7/c24-20(19(13-7-3-1-4-8-13)14-9-5-2-6-10-14)18-16(22(27)28)11-15(21(25)26)12-17(18)23(29)30/h1-12,24H. The van der Waals surface area contributed by atoms with Crippen molar-refractivity contribution in [2.75, 3.05) is 10.2 Å². The lowest BCUT2D eigenvalue weighted by atomic mass is 10.2. The van der Waals surface area contributed by atoms with Crippen LogP contribution in [0.5, 0.6) is 0 Å². The summed E-state index contributed by atoms with van der Waals surface area (Å²) in [4.78, 5) is 31.2. The number of para-hydroxylation sites is 2. The van der Waals surface area contributed by atoms with Crippen LogP contribution in [0.3, 0.4) is 0 Å². The molecule has 3 aromatic rings. The molecule has 3 rings (SSSR count). The molecule has 0 spiro atoms. The second-order valence-corrected chi connectivity index (χ2v) is 5.88. The van der Waals surface area contributed by atoms with Gasteiger partial charge in [-0.1, -0.05) is 36.4 Å².